The summed E-state index contributed by atoms with van der Waals surface area (Å²) in [6.45, 7) is 0.891. The Morgan fingerprint density at radius 2 is 1.62 bits per heavy atom. The number of hydrogen-bond donors (Lipinski definition) is 1. The lowest BCUT2D eigenvalue weighted by atomic mass is 10.1. The van der Waals surface area contributed by atoms with E-state index in [0.717, 1.165) is 22.4 Å². The summed E-state index contributed by atoms with van der Waals surface area (Å²) >= 11 is 0. The van der Waals surface area contributed by atoms with Gasteiger partial charge in [-0.3, -0.25) is 4.79 Å². The second-order valence-electron chi connectivity index (χ2n) is 7.71. The fraction of sp³-hybridized carbons (Fsp3) is 0.0741. The predicted octanol–water partition coefficient (Wildman–Crippen LogP) is 5.66. The summed E-state index contributed by atoms with van der Waals surface area (Å²) in [7, 11) is 0. The van der Waals surface area contributed by atoms with Crippen LogP contribution in [0.2, 0.25) is 0 Å². The summed E-state index contributed by atoms with van der Waals surface area (Å²) in [6.07, 6.45) is 0. The van der Waals surface area contributed by atoms with Crippen LogP contribution in [0, 0.1) is 5.82 Å². The van der Waals surface area contributed by atoms with Crippen molar-refractivity contribution in [3.05, 3.63) is 114 Å². The fourth-order valence-corrected chi connectivity index (χ4v) is 4.19. The molecule has 32 heavy (non-hydrogen) atoms. The summed E-state index contributed by atoms with van der Waals surface area (Å²) in [4.78, 5) is 12.0. The van der Waals surface area contributed by atoms with Gasteiger partial charge in [0.05, 0.1) is 11.0 Å². The number of ether oxygens (including phenoxy) is 1. The van der Waals surface area contributed by atoms with Crippen molar-refractivity contribution in [1.29, 1.82) is 0 Å². The molecule has 0 saturated heterocycles. The molecule has 0 saturated carbocycles. The quantitative estimate of drug-likeness (QED) is 0.382. The Balaban J connectivity index is 1.56. The maximum Gasteiger partial charge on any atom is 0.249 e. The minimum Gasteiger partial charge on any atom is -0.489 e. The lowest BCUT2D eigenvalue weighted by Gasteiger charge is -2.11. The summed E-state index contributed by atoms with van der Waals surface area (Å²) < 4.78 is 22.8. The smallest absolute Gasteiger partial charge is 0.249 e. The van der Waals surface area contributed by atoms with Crippen molar-refractivity contribution in [3.63, 3.8) is 0 Å². The van der Waals surface area contributed by atoms with E-state index in [1.54, 1.807) is 18.2 Å². The van der Waals surface area contributed by atoms with Gasteiger partial charge in [-0.05, 0) is 41.5 Å². The first-order valence-corrected chi connectivity index (χ1v) is 10.4. The lowest BCUT2D eigenvalue weighted by molar-refractivity contribution is 0.100. The van der Waals surface area contributed by atoms with Crippen molar-refractivity contribution < 1.29 is 13.9 Å². The normalized spacial score (nSPS) is 11.2. The highest BCUT2D eigenvalue weighted by atomic mass is 19.1. The Bertz CT molecular complexity index is 1440. The third-order valence-electron chi connectivity index (χ3n) is 5.61. The number of carbonyl (C=O) groups excluding carboxylic acids is 1. The Morgan fingerprint density at radius 1 is 0.875 bits per heavy atom. The van der Waals surface area contributed by atoms with Gasteiger partial charge >= 0.3 is 0 Å². The molecule has 1 heterocycles. The Morgan fingerprint density at radius 3 is 2.44 bits per heavy atom. The van der Waals surface area contributed by atoms with Crippen LogP contribution >= 0.6 is 0 Å². The van der Waals surface area contributed by atoms with Gasteiger partial charge in [0.25, 0.3) is 0 Å². The van der Waals surface area contributed by atoms with Crippen molar-refractivity contribution in [2.24, 2.45) is 5.73 Å². The van der Waals surface area contributed by atoms with Gasteiger partial charge in [-0.25, -0.2) is 4.39 Å². The van der Waals surface area contributed by atoms with E-state index in [1.807, 2.05) is 71.3 Å². The first-order valence-electron chi connectivity index (χ1n) is 10.4. The molecule has 0 radical (unpaired) electrons. The highest BCUT2D eigenvalue weighted by molar-refractivity contribution is 6.17. The molecule has 0 unspecified atom stereocenters. The van der Waals surface area contributed by atoms with Gasteiger partial charge in [-0.1, -0.05) is 60.7 Å². The number of nitrogens with two attached hydrogens (primary N) is 1. The van der Waals surface area contributed by atoms with E-state index in [9.17, 15) is 9.18 Å². The van der Waals surface area contributed by atoms with Gasteiger partial charge in [0.15, 0.2) is 0 Å². The van der Waals surface area contributed by atoms with Crippen LogP contribution in [0.15, 0.2) is 91.0 Å². The standard InChI is InChI=1S/C27H21FN2O2/c28-23-13-5-11-21-25-22(27(29)31)12-6-14-24(25)30(26(21)23)16-19-9-4-10-20(15-19)32-17-18-7-2-1-3-8-18/h1-15H,16-17H2,(H2,29,31). The number of para-hydroxylation sites is 1. The molecular formula is C27H21FN2O2. The minimum absolute atomic E-state index is 0.342. The monoisotopic (exact) mass is 424 g/mol. The summed E-state index contributed by atoms with van der Waals surface area (Å²) in [5.41, 5.74) is 9.26. The molecule has 1 aromatic heterocycles. The second kappa shape index (κ2) is 8.19. The van der Waals surface area contributed by atoms with E-state index in [0.29, 0.717) is 35.0 Å². The Kier molecular flexibility index (Phi) is 5.07. The number of rotatable bonds is 6. The van der Waals surface area contributed by atoms with E-state index < -0.39 is 5.91 Å². The molecule has 4 nitrogen and oxygen atoms in total. The molecule has 1 amide bonds. The topological polar surface area (TPSA) is 57.2 Å². The van der Waals surface area contributed by atoms with Crippen LogP contribution in [-0.4, -0.2) is 10.5 Å². The van der Waals surface area contributed by atoms with E-state index in [-0.39, 0.29) is 5.82 Å². The Hall–Kier alpha value is -4.12. The van der Waals surface area contributed by atoms with Gasteiger partial charge in [0.2, 0.25) is 5.91 Å². The summed E-state index contributed by atoms with van der Waals surface area (Å²) in [5.74, 6) is -0.133. The molecule has 0 fully saturated rings. The number of aromatic nitrogens is 1. The largest absolute Gasteiger partial charge is 0.489 e. The van der Waals surface area contributed by atoms with Gasteiger partial charge < -0.3 is 15.0 Å². The maximum absolute atomic E-state index is 14.9. The number of fused-ring (bicyclic) bond motifs is 3. The average Bonchev–Trinajstić information content (AvgIpc) is 3.13. The molecule has 0 atom stereocenters. The summed E-state index contributed by atoms with van der Waals surface area (Å²) in [5, 5.41) is 1.34. The molecule has 5 aromatic rings. The number of hydrogen-bond acceptors (Lipinski definition) is 2. The molecule has 0 aliphatic heterocycles. The van der Waals surface area contributed by atoms with Gasteiger partial charge in [-0.15, -0.1) is 0 Å². The molecule has 4 aromatic carbocycles. The van der Waals surface area contributed by atoms with Gasteiger partial charge in [-0.2, -0.15) is 0 Å². The zero-order valence-corrected chi connectivity index (χ0v) is 17.3. The average molecular weight is 424 g/mol. The zero-order chi connectivity index (χ0) is 22.1. The number of nitrogens with zero attached hydrogens (tertiary/aromatic N) is 1. The van der Waals surface area contributed by atoms with Crippen LogP contribution in [0.25, 0.3) is 21.8 Å². The van der Waals surface area contributed by atoms with Crippen molar-refractivity contribution in [2.75, 3.05) is 0 Å². The number of halogens is 1. The first kappa shape index (κ1) is 19.8. The van der Waals surface area contributed by atoms with E-state index in [2.05, 4.69) is 0 Å². The van der Waals surface area contributed by atoms with Crippen molar-refractivity contribution >= 4 is 27.7 Å². The second-order valence-corrected chi connectivity index (χ2v) is 7.71. The van der Waals surface area contributed by atoms with E-state index in [4.69, 9.17) is 10.5 Å². The van der Waals surface area contributed by atoms with Crippen LogP contribution in [0.5, 0.6) is 5.75 Å². The number of carbonyl (C=O) groups is 1. The van der Waals surface area contributed by atoms with Crippen molar-refractivity contribution in [1.82, 2.24) is 4.57 Å². The third-order valence-corrected chi connectivity index (χ3v) is 5.61. The summed E-state index contributed by atoms with van der Waals surface area (Å²) in [6, 6.07) is 28.0. The number of benzene rings is 4. The van der Waals surface area contributed by atoms with Crippen molar-refractivity contribution in [2.45, 2.75) is 13.2 Å². The molecule has 0 bridgehead atoms. The van der Waals surface area contributed by atoms with Crippen LogP contribution in [0.1, 0.15) is 21.5 Å². The molecule has 5 heteroatoms. The van der Waals surface area contributed by atoms with Crippen molar-refractivity contribution in [3.8, 4) is 5.75 Å². The molecule has 158 valence electrons. The lowest BCUT2D eigenvalue weighted by Crippen LogP contribution is -2.11. The molecule has 0 spiro atoms. The predicted molar refractivity (Wildman–Crippen MR) is 124 cm³/mol. The van der Waals surface area contributed by atoms with Gasteiger partial charge in [0.1, 0.15) is 18.2 Å². The molecule has 0 aliphatic carbocycles. The fourth-order valence-electron chi connectivity index (χ4n) is 4.19. The van der Waals surface area contributed by atoms with Crippen LogP contribution in [0.3, 0.4) is 0 Å². The van der Waals surface area contributed by atoms with Crippen LogP contribution in [-0.2, 0) is 13.2 Å². The van der Waals surface area contributed by atoms with Crippen LogP contribution < -0.4 is 10.5 Å². The van der Waals surface area contributed by atoms with Gasteiger partial charge in [0, 0.05) is 22.9 Å². The molecule has 5 rings (SSSR count). The zero-order valence-electron chi connectivity index (χ0n) is 17.3. The SMILES string of the molecule is NC(=O)c1cccc2c1c1cccc(F)c1n2Cc1cccc(OCc2ccccc2)c1. The molecular weight excluding hydrogens is 403 g/mol. The molecule has 2 N–H and O–H groups in total. The molecule has 0 aliphatic rings. The number of amides is 1. The third kappa shape index (κ3) is 3.58. The highest BCUT2D eigenvalue weighted by Crippen LogP contribution is 2.34. The highest BCUT2D eigenvalue weighted by Gasteiger charge is 2.18. The first-order chi connectivity index (χ1) is 15.6. The van der Waals surface area contributed by atoms with E-state index >= 15 is 0 Å². The number of primary amides is 1. The minimum atomic E-state index is -0.532. The maximum atomic E-state index is 14.9. The van der Waals surface area contributed by atoms with E-state index in [1.165, 1.54) is 6.07 Å². The Labute approximate surface area is 184 Å². The van der Waals surface area contributed by atoms with Crippen LogP contribution in [0.4, 0.5) is 4.39 Å².